The predicted molar refractivity (Wildman–Crippen MR) is 80.0 cm³/mol. The number of benzene rings is 1. The molecule has 1 unspecified atom stereocenters. The second kappa shape index (κ2) is 7.14. The van der Waals surface area contributed by atoms with E-state index in [4.69, 9.17) is 15.2 Å². The van der Waals surface area contributed by atoms with Crippen molar-refractivity contribution in [1.82, 2.24) is 4.90 Å². The van der Waals surface area contributed by atoms with E-state index in [-0.39, 0.29) is 6.04 Å². The average Bonchev–Trinajstić information content (AvgIpc) is 2.84. The van der Waals surface area contributed by atoms with Gasteiger partial charge in [0, 0.05) is 13.7 Å². The van der Waals surface area contributed by atoms with Crippen LogP contribution in [0.2, 0.25) is 0 Å². The molecule has 1 heterocycles. The van der Waals surface area contributed by atoms with Crippen molar-refractivity contribution >= 4 is 5.96 Å². The third-order valence-electron chi connectivity index (χ3n) is 3.37. The largest absolute Gasteiger partial charge is 0.494 e. The van der Waals surface area contributed by atoms with Crippen molar-refractivity contribution < 1.29 is 9.47 Å². The van der Waals surface area contributed by atoms with E-state index in [9.17, 15) is 0 Å². The predicted octanol–water partition coefficient (Wildman–Crippen LogP) is 1.79. The number of hydrogen-bond acceptors (Lipinski definition) is 5. The summed E-state index contributed by atoms with van der Waals surface area (Å²) in [6.45, 7) is 4.94. The minimum absolute atomic E-state index is 0.199. The van der Waals surface area contributed by atoms with Gasteiger partial charge in [-0.3, -0.25) is 4.99 Å². The van der Waals surface area contributed by atoms with Gasteiger partial charge in [0.15, 0.2) is 5.96 Å². The molecule has 0 saturated carbocycles. The summed E-state index contributed by atoms with van der Waals surface area (Å²) in [6, 6.07) is 8.39. The number of guanidine groups is 1. The Labute approximate surface area is 120 Å². The molecule has 0 aliphatic carbocycles. The Hall–Kier alpha value is -1.75. The summed E-state index contributed by atoms with van der Waals surface area (Å²) in [4.78, 5) is 6.42. The van der Waals surface area contributed by atoms with E-state index in [1.54, 1.807) is 7.11 Å². The summed E-state index contributed by atoms with van der Waals surface area (Å²) >= 11 is 0. The number of methoxy groups -OCH3 is 1. The van der Waals surface area contributed by atoms with Crippen molar-refractivity contribution in [2.45, 2.75) is 19.4 Å². The third kappa shape index (κ3) is 3.42. The normalized spacial score (nSPS) is 18.2. The fourth-order valence-corrected chi connectivity index (χ4v) is 2.28. The molecule has 5 heteroatoms. The molecule has 1 aliphatic rings. The van der Waals surface area contributed by atoms with E-state index < -0.39 is 0 Å². The minimum Gasteiger partial charge on any atom is -0.494 e. The van der Waals surface area contributed by atoms with Crippen LogP contribution >= 0.6 is 0 Å². The topological polar surface area (TPSA) is 60.1 Å². The van der Waals surface area contributed by atoms with Crippen LogP contribution in [0.1, 0.15) is 24.9 Å². The summed E-state index contributed by atoms with van der Waals surface area (Å²) in [5, 5.41) is 0. The molecule has 20 heavy (non-hydrogen) atoms. The maximum Gasteiger partial charge on any atom is 0.192 e. The molecule has 0 aromatic heterocycles. The average molecular weight is 277 g/mol. The first kappa shape index (κ1) is 14.7. The van der Waals surface area contributed by atoms with Crippen LogP contribution in [0.3, 0.4) is 0 Å². The first-order valence-electron chi connectivity index (χ1n) is 7.04. The molecule has 110 valence electrons. The van der Waals surface area contributed by atoms with Gasteiger partial charge in [-0.1, -0.05) is 19.1 Å². The monoisotopic (exact) mass is 277 g/mol. The zero-order valence-corrected chi connectivity index (χ0v) is 12.2. The standard InChI is InChI=1S/C15H23N3O2/c1-3-9-20-13-6-4-12(5-7-13)14-11-17-15(16)18(14)8-10-19-2/h4-7,14H,3,8-11H2,1-2H3,(H2,16,17). The van der Waals surface area contributed by atoms with Crippen molar-refractivity contribution in [1.29, 1.82) is 0 Å². The number of rotatable bonds is 7. The van der Waals surface area contributed by atoms with Gasteiger partial charge >= 0.3 is 0 Å². The fraction of sp³-hybridized carbons (Fsp3) is 0.533. The quantitative estimate of drug-likeness (QED) is 0.825. The van der Waals surface area contributed by atoms with Crippen LogP contribution in [-0.4, -0.2) is 44.3 Å². The lowest BCUT2D eigenvalue weighted by molar-refractivity contribution is 0.166. The zero-order chi connectivity index (χ0) is 14.4. The molecule has 1 aromatic carbocycles. The lowest BCUT2D eigenvalue weighted by Gasteiger charge is -2.26. The highest BCUT2D eigenvalue weighted by Gasteiger charge is 2.26. The SMILES string of the molecule is CCCOc1ccc(C2CN=C(N)N2CCOC)cc1. The van der Waals surface area contributed by atoms with Gasteiger partial charge in [0.2, 0.25) is 0 Å². The van der Waals surface area contributed by atoms with Crippen LogP contribution in [0.25, 0.3) is 0 Å². The number of nitrogens with two attached hydrogens (primary N) is 1. The summed E-state index contributed by atoms with van der Waals surface area (Å²) in [5.74, 6) is 1.50. The molecule has 1 aliphatic heterocycles. The van der Waals surface area contributed by atoms with E-state index in [1.165, 1.54) is 5.56 Å². The third-order valence-corrected chi connectivity index (χ3v) is 3.37. The van der Waals surface area contributed by atoms with Crippen LogP contribution < -0.4 is 10.5 Å². The molecule has 2 N–H and O–H groups in total. The van der Waals surface area contributed by atoms with Crippen molar-refractivity contribution in [3.05, 3.63) is 29.8 Å². The van der Waals surface area contributed by atoms with E-state index in [1.807, 2.05) is 12.1 Å². The Morgan fingerprint density at radius 3 is 2.70 bits per heavy atom. The molecule has 0 saturated heterocycles. The summed E-state index contributed by atoms with van der Waals surface area (Å²) < 4.78 is 10.7. The smallest absolute Gasteiger partial charge is 0.192 e. The molecule has 0 radical (unpaired) electrons. The van der Waals surface area contributed by atoms with Gasteiger partial charge in [-0.15, -0.1) is 0 Å². The highest BCUT2D eigenvalue weighted by molar-refractivity contribution is 5.80. The van der Waals surface area contributed by atoms with Gasteiger partial charge in [-0.25, -0.2) is 0 Å². The Bertz CT molecular complexity index is 445. The van der Waals surface area contributed by atoms with Crippen molar-refractivity contribution in [3.8, 4) is 5.75 Å². The van der Waals surface area contributed by atoms with Crippen LogP contribution in [0, 0.1) is 0 Å². The fourth-order valence-electron chi connectivity index (χ4n) is 2.28. The Kier molecular flexibility index (Phi) is 5.24. The minimum atomic E-state index is 0.199. The lowest BCUT2D eigenvalue weighted by Crippen LogP contribution is -2.38. The van der Waals surface area contributed by atoms with Crippen LogP contribution in [0.5, 0.6) is 5.75 Å². The number of nitrogens with zero attached hydrogens (tertiary/aromatic N) is 2. The van der Waals surface area contributed by atoms with Crippen molar-refractivity contribution in [2.75, 3.05) is 33.4 Å². The maximum atomic E-state index is 5.94. The summed E-state index contributed by atoms with van der Waals surface area (Å²) in [6.07, 6.45) is 1.01. The van der Waals surface area contributed by atoms with Gasteiger partial charge in [-0.05, 0) is 24.1 Å². The molecule has 5 nitrogen and oxygen atoms in total. The van der Waals surface area contributed by atoms with Gasteiger partial charge in [0.1, 0.15) is 5.75 Å². The van der Waals surface area contributed by atoms with Crippen molar-refractivity contribution in [2.24, 2.45) is 10.7 Å². The highest BCUT2D eigenvalue weighted by atomic mass is 16.5. The van der Waals surface area contributed by atoms with Crippen LogP contribution in [0.4, 0.5) is 0 Å². The van der Waals surface area contributed by atoms with E-state index in [0.717, 1.165) is 25.3 Å². The van der Waals surface area contributed by atoms with Gasteiger partial charge in [-0.2, -0.15) is 0 Å². The van der Waals surface area contributed by atoms with E-state index >= 15 is 0 Å². The van der Waals surface area contributed by atoms with Crippen molar-refractivity contribution in [3.63, 3.8) is 0 Å². The molecule has 1 aromatic rings. The summed E-state index contributed by atoms with van der Waals surface area (Å²) in [5.41, 5.74) is 7.14. The first-order valence-corrected chi connectivity index (χ1v) is 7.04. The van der Waals surface area contributed by atoms with Crippen LogP contribution in [-0.2, 0) is 4.74 Å². The van der Waals surface area contributed by atoms with E-state index in [0.29, 0.717) is 19.1 Å². The molecule has 0 amide bonds. The molecule has 2 rings (SSSR count). The molecule has 0 bridgehead atoms. The Balaban J connectivity index is 2.03. The number of aliphatic imine (C=N–C) groups is 1. The van der Waals surface area contributed by atoms with Gasteiger partial charge in [0.25, 0.3) is 0 Å². The Morgan fingerprint density at radius 2 is 2.05 bits per heavy atom. The molecular formula is C15H23N3O2. The second-order valence-electron chi connectivity index (χ2n) is 4.82. The van der Waals surface area contributed by atoms with Crippen LogP contribution in [0.15, 0.2) is 29.3 Å². The number of ether oxygens (including phenoxy) is 2. The highest BCUT2D eigenvalue weighted by Crippen LogP contribution is 2.26. The molecule has 0 fully saturated rings. The Morgan fingerprint density at radius 1 is 1.30 bits per heavy atom. The number of hydrogen-bond donors (Lipinski definition) is 1. The summed E-state index contributed by atoms with van der Waals surface area (Å²) in [7, 11) is 1.69. The van der Waals surface area contributed by atoms with Gasteiger partial charge in [0.05, 0.1) is 25.8 Å². The molecular weight excluding hydrogens is 254 g/mol. The van der Waals surface area contributed by atoms with Gasteiger partial charge < -0.3 is 20.1 Å². The molecule has 0 spiro atoms. The first-order chi connectivity index (χ1) is 9.76. The second-order valence-corrected chi connectivity index (χ2v) is 4.82. The van der Waals surface area contributed by atoms with E-state index in [2.05, 4.69) is 28.9 Å². The zero-order valence-electron chi connectivity index (χ0n) is 12.2. The molecule has 1 atom stereocenters. The maximum absolute atomic E-state index is 5.94. The lowest BCUT2D eigenvalue weighted by atomic mass is 10.1.